The third-order valence-electron chi connectivity index (χ3n) is 6.25. The molecule has 4 nitrogen and oxygen atoms in total. The first-order valence-electron chi connectivity index (χ1n) is 13.4. The van der Waals surface area contributed by atoms with Gasteiger partial charge in [-0.25, -0.2) is 4.79 Å². The minimum absolute atomic E-state index is 0.383. The zero-order chi connectivity index (χ0) is 25.1. The Kier molecular flexibility index (Phi) is 14.4. The molecule has 0 aromatic heterocycles. The third kappa shape index (κ3) is 12.5. The van der Waals surface area contributed by atoms with E-state index in [0.29, 0.717) is 24.5 Å². The Labute approximate surface area is 212 Å². The number of hydrogen-bond donors (Lipinski definition) is 0. The van der Waals surface area contributed by atoms with Crippen LogP contribution in [0.4, 0.5) is 0 Å². The fraction of sp³-hybridized carbons (Fsp3) is 0.516. The van der Waals surface area contributed by atoms with Crippen molar-refractivity contribution in [3.8, 4) is 17.2 Å². The predicted molar refractivity (Wildman–Crippen MR) is 145 cm³/mol. The van der Waals surface area contributed by atoms with Crippen LogP contribution in [0.3, 0.4) is 0 Å². The molecule has 192 valence electrons. The molecule has 0 aliphatic carbocycles. The Hall–Kier alpha value is -2.75. The number of ether oxygens (including phenoxy) is 3. The van der Waals surface area contributed by atoms with E-state index in [1.807, 2.05) is 30.3 Å². The molecular weight excluding hydrogens is 436 g/mol. The molecule has 4 heteroatoms. The van der Waals surface area contributed by atoms with Crippen LogP contribution in [0, 0.1) is 5.92 Å². The number of allylic oxidation sites excluding steroid dienone is 1. The van der Waals surface area contributed by atoms with E-state index in [2.05, 4.69) is 20.4 Å². The maximum atomic E-state index is 12.5. The topological polar surface area (TPSA) is 44.8 Å². The number of benzene rings is 2. The molecule has 2 rings (SSSR count). The van der Waals surface area contributed by atoms with Gasteiger partial charge in [-0.2, -0.15) is 0 Å². The number of hydrogen-bond acceptors (Lipinski definition) is 4. The van der Waals surface area contributed by atoms with E-state index in [4.69, 9.17) is 14.2 Å². The zero-order valence-corrected chi connectivity index (χ0v) is 21.8. The van der Waals surface area contributed by atoms with Gasteiger partial charge < -0.3 is 14.2 Å². The SMILES string of the molecule is C=CCCCCCCCCCOc1ccc(OC(=O)c2ccc(OCCCC(C)CC)cc2)cc1. The maximum Gasteiger partial charge on any atom is 0.343 e. The first kappa shape index (κ1) is 28.5. The van der Waals surface area contributed by atoms with Gasteiger partial charge in [-0.15, -0.1) is 6.58 Å². The van der Waals surface area contributed by atoms with E-state index in [1.54, 1.807) is 24.3 Å². The lowest BCUT2D eigenvalue weighted by molar-refractivity contribution is 0.0734. The van der Waals surface area contributed by atoms with Crippen molar-refractivity contribution >= 4 is 5.97 Å². The van der Waals surface area contributed by atoms with Crippen LogP contribution in [0.25, 0.3) is 0 Å². The van der Waals surface area contributed by atoms with Crippen LogP contribution in [0.5, 0.6) is 17.2 Å². The predicted octanol–water partition coefficient (Wildman–Crippen LogP) is 8.80. The molecule has 0 radical (unpaired) electrons. The molecular formula is C31H44O4. The summed E-state index contributed by atoms with van der Waals surface area (Å²) in [5, 5.41) is 0. The fourth-order valence-corrected chi connectivity index (χ4v) is 3.75. The number of unbranched alkanes of at least 4 members (excludes halogenated alkanes) is 7. The summed E-state index contributed by atoms with van der Waals surface area (Å²) in [6.07, 6.45) is 15.2. The van der Waals surface area contributed by atoms with Gasteiger partial charge in [-0.1, -0.05) is 58.4 Å². The number of carbonyl (C=O) groups excluding carboxylic acids is 1. The molecule has 2 aromatic carbocycles. The average Bonchev–Trinajstić information content (AvgIpc) is 2.88. The second-order valence-corrected chi connectivity index (χ2v) is 9.29. The smallest absolute Gasteiger partial charge is 0.343 e. The maximum absolute atomic E-state index is 12.5. The van der Waals surface area contributed by atoms with E-state index in [-0.39, 0.29) is 5.97 Å². The largest absolute Gasteiger partial charge is 0.494 e. The van der Waals surface area contributed by atoms with Gasteiger partial charge in [0, 0.05) is 0 Å². The van der Waals surface area contributed by atoms with Crippen LogP contribution in [0.2, 0.25) is 0 Å². The Morgan fingerprint density at radius 3 is 1.89 bits per heavy atom. The Bertz CT molecular complexity index is 826. The molecule has 0 bridgehead atoms. The van der Waals surface area contributed by atoms with E-state index >= 15 is 0 Å². The van der Waals surface area contributed by atoms with Gasteiger partial charge in [0.25, 0.3) is 0 Å². The lowest BCUT2D eigenvalue weighted by Crippen LogP contribution is -2.08. The molecule has 2 aromatic rings. The van der Waals surface area contributed by atoms with Gasteiger partial charge in [-0.3, -0.25) is 0 Å². The molecule has 0 aliphatic heterocycles. The molecule has 0 saturated heterocycles. The van der Waals surface area contributed by atoms with Crippen molar-refractivity contribution in [1.82, 2.24) is 0 Å². The van der Waals surface area contributed by atoms with Crippen LogP contribution in [0.15, 0.2) is 61.2 Å². The third-order valence-corrected chi connectivity index (χ3v) is 6.25. The highest BCUT2D eigenvalue weighted by Crippen LogP contribution is 2.20. The highest BCUT2D eigenvalue weighted by Gasteiger charge is 2.09. The zero-order valence-electron chi connectivity index (χ0n) is 21.8. The van der Waals surface area contributed by atoms with Crippen LogP contribution >= 0.6 is 0 Å². The molecule has 1 atom stereocenters. The molecule has 0 spiro atoms. The summed E-state index contributed by atoms with van der Waals surface area (Å²) >= 11 is 0. The summed E-state index contributed by atoms with van der Waals surface area (Å²) in [6.45, 7) is 9.64. The minimum Gasteiger partial charge on any atom is -0.494 e. The Morgan fingerprint density at radius 2 is 1.29 bits per heavy atom. The molecule has 1 unspecified atom stereocenters. The quantitative estimate of drug-likeness (QED) is 0.0872. The molecule has 0 saturated carbocycles. The number of esters is 1. The fourth-order valence-electron chi connectivity index (χ4n) is 3.75. The highest BCUT2D eigenvalue weighted by molar-refractivity contribution is 5.91. The van der Waals surface area contributed by atoms with Crippen LogP contribution in [-0.2, 0) is 0 Å². The summed E-state index contributed by atoms with van der Waals surface area (Å²) in [5.41, 5.74) is 0.498. The number of carbonyl (C=O) groups is 1. The van der Waals surface area contributed by atoms with Gasteiger partial charge in [-0.05, 0) is 86.6 Å². The summed E-state index contributed by atoms with van der Waals surface area (Å²) in [6, 6.07) is 14.4. The van der Waals surface area contributed by atoms with E-state index in [9.17, 15) is 4.79 Å². The van der Waals surface area contributed by atoms with Crippen LogP contribution in [0.1, 0.15) is 94.8 Å². The van der Waals surface area contributed by atoms with Gasteiger partial charge in [0.05, 0.1) is 18.8 Å². The summed E-state index contributed by atoms with van der Waals surface area (Å²) in [7, 11) is 0. The molecule has 0 N–H and O–H groups in total. The second-order valence-electron chi connectivity index (χ2n) is 9.29. The van der Waals surface area contributed by atoms with Gasteiger partial charge in [0.15, 0.2) is 0 Å². The molecule has 0 amide bonds. The van der Waals surface area contributed by atoms with Gasteiger partial charge >= 0.3 is 5.97 Å². The lowest BCUT2D eigenvalue weighted by atomic mass is 10.0. The van der Waals surface area contributed by atoms with Crippen molar-refractivity contribution < 1.29 is 19.0 Å². The number of rotatable bonds is 19. The standard InChI is InChI=1S/C31H44O4/c1-4-6-7-8-9-10-11-12-13-24-33-29-20-22-30(23-21-29)35-31(32)27-16-18-28(19-17-27)34-25-14-15-26(3)5-2/h4,16-23,26H,1,5-15,24-25H2,2-3H3. The summed E-state index contributed by atoms with van der Waals surface area (Å²) in [4.78, 5) is 12.5. The molecule has 35 heavy (non-hydrogen) atoms. The summed E-state index contributed by atoms with van der Waals surface area (Å²) in [5.74, 6) is 2.42. The monoisotopic (exact) mass is 480 g/mol. The minimum atomic E-state index is -0.383. The lowest BCUT2D eigenvalue weighted by Gasteiger charge is -2.10. The van der Waals surface area contributed by atoms with E-state index < -0.39 is 0 Å². The first-order valence-corrected chi connectivity index (χ1v) is 13.4. The van der Waals surface area contributed by atoms with Crippen molar-refractivity contribution in [3.05, 3.63) is 66.7 Å². The van der Waals surface area contributed by atoms with Crippen LogP contribution < -0.4 is 14.2 Å². The Morgan fingerprint density at radius 1 is 0.771 bits per heavy atom. The second kappa shape index (κ2) is 17.7. The van der Waals surface area contributed by atoms with Crippen molar-refractivity contribution in [1.29, 1.82) is 0 Å². The van der Waals surface area contributed by atoms with Gasteiger partial charge in [0.1, 0.15) is 17.2 Å². The first-order chi connectivity index (χ1) is 17.1. The van der Waals surface area contributed by atoms with E-state index in [1.165, 1.54) is 51.4 Å². The van der Waals surface area contributed by atoms with Crippen molar-refractivity contribution in [2.24, 2.45) is 5.92 Å². The molecule has 0 aliphatic rings. The average molecular weight is 481 g/mol. The van der Waals surface area contributed by atoms with E-state index in [0.717, 1.165) is 36.7 Å². The molecule has 0 heterocycles. The van der Waals surface area contributed by atoms with Crippen molar-refractivity contribution in [2.45, 2.75) is 84.5 Å². The normalized spacial score (nSPS) is 11.6. The van der Waals surface area contributed by atoms with Crippen LogP contribution in [-0.4, -0.2) is 19.2 Å². The van der Waals surface area contributed by atoms with Gasteiger partial charge in [0.2, 0.25) is 0 Å². The Balaban J connectivity index is 1.62. The molecule has 0 fully saturated rings. The highest BCUT2D eigenvalue weighted by atomic mass is 16.5. The van der Waals surface area contributed by atoms with Crippen molar-refractivity contribution in [2.75, 3.05) is 13.2 Å². The van der Waals surface area contributed by atoms with Crippen molar-refractivity contribution in [3.63, 3.8) is 0 Å². The summed E-state index contributed by atoms with van der Waals surface area (Å²) < 4.78 is 17.1.